The molecule has 4 N–H and O–H groups in total. The second kappa shape index (κ2) is 11.1. The van der Waals surface area contributed by atoms with Crippen molar-refractivity contribution in [3.05, 3.63) is 24.3 Å². The molecule has 1 aromatic rings. The van der Waals surface area contributed by atoms with Crippen LogP contribution in [0.2, 0.25) is 0 Å². The summed E-state index contributed by atoms with van der Waals surface area (Å²) in [5, 5.41) is 18.2. The van der Waals surface area contributed by atoms with Crippen LogP contribution < -0.4 is 16.0 Å². The van der Waals surface area contributed by atoms with Gasteiger partial charge in [0.1, 0.15) is 12.3 Å². The molecule has 0 spiro atoms. The molecule has 0 saturated carbocycles. The quantitative estimate of drug-likeness (QED) is 0.230. The molecule has 0 aromatic heterocycles. The van der Waals surface area contributed by atoms with Gasteiger partial charge in [-0.25, -0.2) is 4.99 Å². The molecule has 1 aliphatic heterocycles. The van der Waals surface area contributed by atoms with Crippen LogP contribution >= 0.6 is 24.0 Å². The lowest BCUT2D eigenvalue weighted by atomic mass is 10.2. The van der Waals surface area contributed by atoms with E-state index in [0.29, 0.717) is 18.2 Å². The number of nitrogens with zero attached hydrogens (tertiary/aromatic N) is 1. The molecular weight excluding hydrogens is 423 g/mol. The van der Waals surface area contributed by atoms with Crippen LogP contribution in [-0.2, 0) is 9.53 Å². The van der Waals surface area contributed by atoms with Crippen molar-refractivity contribution in [1.82, 2.24) is 10.6 Å². The molecule has 2 rings (SSSR count). The number of ether oxygens (including phenoxy) is 1. The SMILES string of the molecule is CCNC(=NCC(=O)Nc1ccc(O)cc1)NCC1CCCO1.I. The van der Waals surface area contributed by atoms with Crippen LogP contribution in [0, 0.1) is 0 Å². The van der Waals surface area contributed by atoms with Gasteiger partial charge in [0, 0.05) is 25.4 Å². The number of phenols is 1. The zero-order valence-corrected chi connectivity index (χ0v) is 16.1. The fourth-order valence-corrected chi connectivity index (χ4v) is 2.25. The third-order valence-electron chi connectivity index (χ3n) is 3.40. The predicted molar refractivity (Wildman–Crippen MR) is 105 cm³/mol. The summed E-state index contributed by atoms with van der Waals surface area (Å²) in [6.07, 6.45) is 2.35. The Bertz CT molecular complexity index is 531. The molecule has 134 valence electrons. The molecule has 0 aliphatic carbocycles. The van der Waals surface area contributed by atoms with Gasteiger partial charge in [0.2, 0.25) is 5.91 Å². The highest BCUT2D eigenvalue weighted by Crippen LogP contribution is 2.13. The lowest BCUT2D eigenvalue weighted by molar-refractivity contribution is -0.114. The van der Waals surface area contributed by atoms with Crippen LogP contribution in [0.15, 0.2) is 29.3 Å². The van der Waals surface area contributed by atoms with Gasteiger partial charge in [0.15, 0.2) is 5.96 Å². The zero-order chi connectivity index (χ0) is 16.5. The van der Waals surface area contributed by atoms with Gasteiger partial charge in [0.25, 0.3) is 0 Å². The van der Waals surface area contributed by atoms with Crippen LogP contribution in [0.25, 0.3) is 0 Å². The third kappa shape index (κ3) is 7.35. The maximum Gasteiger partial charge on any atom is 0.246 e. The summed E-state index contributed by atoms with van der Waals surface area (Å²) < 4.78 is 5.55. The topological polar surface area (TPSA) is 95.0 Å². The Balaban J connectivity index is 0.00000288. The molecule has 24 heavy (non-hydrogen) atoms. The maximum absolute atomic E-state index is 11.9. The van der Waals surface area contributed by atoms with Crippen molar-refractivity contribution in [2.75, 3.05) is 31.6 Å². The number of aliphatic imine (C=N–C) groups is 1. The highest BCUT2D eigenvalue weighted by atomic mass is 127. The fraction of sp³-hybridized carbons (Fsp3) is 0.500. The van der Waals surface area contributed by atoms with E-state index in [0.717, 1.165) is 26.0 Å². The summed E-state index contributed by atoms with van der Waals surface area (Å²) in [5.41, 5.74) is 0.625. The Hall–Kier alpha value is -1.55. The third-order valence-corrected chi connectivity index (χ3v) is 3.40. The first-order valence-corrected chi connectivity index (χ1v) is 7.90. The molecule has 7 nitrogen and oxygen atoms in total. The van der Waals surface area contributed by atoms with E-state index in [4.69, 9.17) is 4.74 Å². The van der Waals surface area contributed by atoms with Crippen molar-refractivity contribution in [2.45, 2.75) is 25.9 Å². The van der Waals surface area contributed by atoms with Crippen molar-refractivity contribution in [1.29, 1.82) is 0 Å². The Morgan fingerprint density at radius 2 is 2.08 bits per heavy atom. The van der Waals surface area contributed by atoms with Gasteiger partial charge in [-0.1, -0.05) is 0 Å². The summed E-state index contributed by atoms with van der Waals surface area (Å²) in [6, 6.07) is 6.31. The first-order chi connectivity index (χ1) is 11.2. The fourth-order valence-electron chi connectivity index (χ4n) is 2.25. The minimum Gasteiger partial charge on any atom is -0.508 e. The second-order valence-electron chi connectivity index (χ2n) is 5.31. The van der Waals surface area contributed by atoms with Crippen molar-refractivity contribution in [3.8, 4) is 5.75 Å². The number of amides is 1. The zero-order valence-electron chi connectivity index (χ0n) is 13.7. The van der Waals surface area contributed by atoms with Crippen molar-refractivity contribution in [2.24, 2.45) is 4.99 Å². The van der Waals surface area contributed by atoms with Crippen LogP contribution in [0.1, 0.15) is 19.8 Å². The van der Waals surface area contributed by atoms with E-state index >= 15 is 0 Å². The minimum absolute atomic E-state index is 0. The molecule has 1 heterocycles. The van der Waals surface area contributed by atoms with E-state index < -0.39 is 0 Å². The molecular formula is C16H25IN4O3. The van der Waals surface area contributed by atoms with E-state index in [1.807, 2.05) is 6.92 Å². The molecule has 1 fully saturated rings. The molecule has 1 aliphatic rings. The Labute approximate surface area is 159 Å². The van der Waals surface area contributed by atoms with Gasteiger partial charge in [-0.05, 0) is 44.0 Å². The lowest BCUT2D eigenvalue weighted by Crippen LogP contribution is -2.41. The van der Waals surface area contributed by atoms with Crippen LogP contribution in [0.4, 0.5) is 5.69 Å². The standard InChI is InChI=1S/C16H24N4O3.HI/c1-2-17-16(18-10-14-4-3-9-23-14)19-11-15(22)20-12-5-7-13(21)8-6-12;/h5-8,14,21H,2-4,9-11H2,1H3,(H,20,22)(H2,17,18,19);1H. The van der Waals surface area contributed by atoms with Crippen molar-refractivity contribution in [3.63, 3.8) is 0 Å². The van der Waals surface area contributed by atoms with E-state index in [-0.39, 0.29) is 48.3 Å². The highest BCUT2D eigenvalue weighted by molar-refractivity contribution is 14.0. The van der Waals surface area contributed by atoms with E-state index in [1.54, 1.807) is 12.1 Å². The molecule has 1 aromatic carbocycles. The molecule has 1 unspecified atom stereocenters. The highest BCUT2D eigenvalue weighted by Gasteiger charge is 2.15. The van der Waals surface area contributed by atoms with E-state index in [1.165, 1.54) is 12.1 Å². The normalized spacial score (nSPS) is 17.0. The number of guanidine groups is 1. The molecule has 1 atom stereocenters. The smallest absolute Gasteiger partial charge is 0.246 e. The number of phenolic OH excluding ortho intramolecular Hbond substituents is 1. The number of hydrogen-bond acceptors (Lipinski definition) is 4. The minimum atomic E-state index is -0.218. The van der Waals surface area contributed by atoms with Gasteiger partial charge in [-0.15, -0.1) is 24.0 Å². The average Bonchev–Trinajstić information content (AvgIpc) is 3.06. The Morgan fingerprint density at radius 1 is 1.33 bits per heavy atom. The largest absolute Gasteiger partial charge is 0.508 e. The van der Waals surface area contributed by atoms with Gasteiger partial charge < -0.3 is 25.8 Å². The average molecular weight is 448 g/mol. The number of nitrogens with one attached hydrogen (secondary N) is 3. The molecule has 0 bridgehead atoms. The van der Waals surface area contributed by atoms with Gasteiger partial charge in [0.05, 0.1) is 6.10 Å². The summed E-state index contributed by atoms with van der Waals surface area (Å²) in [7, 11) is 0. The molecule has 8 heteroatoms. The Kier molecular flexibility index (Phi) is 9.46. The van der Waals surface area contributed by atoms with Gasteiger partial charge in [-0.2, -0.15) is 0 Å². The molecule has 1 saturated heterocycles. The predicted octanol–water partition coefficient (Wildman–Crippen LogP) is 1.68. The number of carbonyl (C=O) groups is 1. The van der Waals surface area contributed by atoms with Crippen molar-refractivity contribution >= 4 is 41.5 Å². The number of aromatic hydroxyl groups is 1. The first kappa shape index (κ1) is 20.5. The second-order valence-corrected chi connectivity index (χ2v) is 5.31. The number of rotatable bonds is 6. The number of halogens is 1. The summed E-state index contributed by atoms with van der Waals surface area (Å²) in [6.45, 7) is 4.21. The number of carbonyl (C=O) groups excluding carboxylic acids is 1. The summed E-state index contributed by atoms with van der Waals surface area (Å²) >= 11 is 0. The molecule has 1 amide bonds. The molecule has 0 radical (unpaired) electrons. The maximum atomic E-state index is 11.9. The summed E-state index contributed by atoms with van der Waals surface area (Å²) in [5.74, 6) is 0.544. The van der Waals surface area contributed by atoms with Crippen LogP contribution in [-0.4, -0.2) is 49.3 Å². The van der Waals surface area contributed by atoms with E-state index in [2.05, 4.69) is 20.9 Å². The lowest BCUT2D eigenvalue weighted by Gasteiger charge is -2.14. The van der Waals surface area contributed by atoms with Crippen LogP contribution in [0.5, 0.6) is 5.75 Å². The summed E-state index contributed by atoms with van der Waals surface area (Å²) in [4.78, 5) is 16.2. The van der Waals surface area contributed by atoms with Gasteiger partial charge >= 0.3 is 0 Å². The monoisotopic (exact) mass is 448 g/mol. The number of benzene rings is 1. The number of hydrogen-bond donors (Lipinski definition) is 4. The number of anilines is 1. The first-order valence-electron chi connectivity index (χ1n) is 7.90. The van der Waals surface area contributed by atoms with Crippen molar-refractivity contribution < 1.29 is 14.6 Å². The van der Waals surface area contributed by atoms with E-state index in [9.17, 15) is 9.90 Å². The Morgan fingerprint density at radius 3 is 2.71 bits per heavy atom. The van der Waals surface area contributed by atoms with Crippen LogP contribution in [0.3, 0.4) is 0 Å². The van der Waals surface area contributed by atoms with Gasteiger partial charge in [-0.3, -0.25) is 4.79 Å².